The number of nitrogens with zero attached hydrogens (tertiary/aromatic N) is 3. The van der Waals surface area contributed by atoms with Crippen LogP contribution in [0.15, 0.2) is 59.5 Å². The molecule has 1 aliphatic rings. The topological polar surface area (TPSA) is 97.7 Å². The lowest BCUT2D eigenvalue weighted by molar-refractivity contribution is 0.205. The second kappa shape index (κ2) is 16.8. The van der Waals surface area contributed by atoms with Gasteiger partial charge in [-0.25, -0.2) is 9.78 Å². The minimum atomic E-state index is -0.481. The third-order valence-electron chi connectivity index (χ3n) is 9.34. The summed E-state index contributed by atoms with van der Waals surface area (Å²) in [6, 6.07) is 14.9. The van der Waals surface area contributed by atoms with Crippen molar-refractivity contribution in [2.45, 2.75) is 91.5 Å². The van der Waals surface area contributed by atoms with Crippen molar-refractivity contribution in [1.82, 2.24) is 14.5 Å². The maximum absolute atomic E-state index is 14.3. The molecule has 0 atom stereocenters. The number of unbranched alkanes of at least 4 members (excludes halogenated alkanes) is 1. The molecule has 0 spiro atoms. The molecule has 1 aliphatic heterocycles. The van der Waals surface area contributed by atoms with Crippen molar-refractivity contribution < 1.29 is 14.3 Å². The lowest BCUT2D eigenvalue weighted by Crippen LogP contribution is -2.31. The average molecular weight is 668 g/mol. The number of carbonyl (C=O) groups excluding carboxylic acids is 1. The fourth-order valence-corrected chi connectivity index (χ4v) is 6.72. The number of likely N-dealkylation sites (tertiary alicyclic amines) is 1. The van der Waals surface area contributed by atoms with Crippen LogP contribution in [-0.2, 0) is 6.54 Å². The van der Waals surface area contributed by atoms with Gasteiger partial charge in [-0.1, -0.05) is 59.6 Å². The van der Waals surface area contributed by atoms with Gasteiger partial charge in [0, 0.05) is 35.9 Å². The molecule has 4 aromatic rings. The molecule has 262 valence electrons. The molecule has 49 heavy (non-hydrogen) atoms. The van der Waals surface area contributed by atoms with Crippen LogP contribution in [0.2, 0.25) is 0 Å². The molecule has 2 N–H and O–H groups in total. The van der Waals surface area contributed by atoms with Gasteiger partial charge in [-0.3, -0.25) is 9.36 Å². The van der Waals surface area contributed by atoms with Gasteiger partial charge in [-0.2, -0.15) is 0 Å². The molecule has 1 fully saturated rings. The normalized spacial score (nSPS) is 13.6. The molecule has 9 heteroatoms. The molecule has 0 aliphatic carbocycles. The van der Waals surface area contributed by atoms with E-state index in [0.29, 0.717) is 30.1 Å². The summed E-state index contributed by atoms with van der Waals surface area (Å²) in [5.74, 6) is 1.71. The number of aromatic nitrogens is 2. The second-order valence-corrected chi connectivity index (χ2v) is 13.6. The third kappa shape index (κ3) is 8.63. The Bertz CT molecular complexity index is 1760. The Balaban J connectivity index is 1.49. The predicted molar refractivity (Wildman–Crippen MR) is 201 cm³/mol. The quantitative estimate of drug-likeness (QED) is 0.130. The van der Waals surface area contributed by atoms with Gasteiger partial charge in [-0.15, -0.1) is 0 Å². The predicted octanol–water partition coefficient (Wildman–Crippen LogP) is 9.02. The zero-order chi connectivity index (χ0) is 34.9. The Kier molecular flexibility index (Phi) is 12.3. The van der Waals surface area contributed by atoms with E-state index in [-0.39, 0.29) is 23.1 Å². The Hall–Kier alpha value is -4.37. The number of hydrogen-bond acceptors (Lipinski definition) is 6. The van der Waals surface area contributed by atoms with Crippen LogP contribution >= 0.6 is 0 Å². The SMILES string of the molecule is CCCCn1c(=O)c(NC(=O)Nc2c(C(C)C)cc(OCCCN3CCCCC3)cc2C(C)C)c(-c2cccc(OC)c2)c2cccnc21. The fraction of sp³-hybridized carbons (Fsp3) is 0.475. The highest BCUT2D eigenvalue weighted by Gasteiger charge is 2.23. The molecule has 2 amide bonds. The minimum Gasteiger partial charge on any atom is -0.497 e. The number of urea groups is 1. The molecular weight excluding hydrogens is 614 g/mol. The van der Waals surface area contributed by atoms with Gasteiger partial charge in [-0.05, 0) is 104 Å². The first kappa shape index (κ1) is 35.9. The van der Waals surface area contributed by atoms with Crippen LogP contribution in [-0.4, -0.2) is 53.8 Å². The van der Waals surface area contributed by atoms with Gasteiger partial charge in [0.25, 0.3) is 5.56 Å². The first-order valence-corrected chi connectivity index (χ1v) is 18.0. The summed E-state index contributed by atoms with van der Waals surface area (Å²) < 4.78 is 13.5. The zero-order valence-corrected chi connectivity index (χ0v) is 30.1. The number of carbonyl (C=O) groups is 1. The third-order valence-corrected chi connectivity index (χ3v) is 9.34. The first-order valence-electron chi connectivity index (χ1n) is 18.0. The van der Waals surface area contributed by atoms with E-state index >= 15 is 0 Å². The number of amides is 2. The van der Waals surface area contributed by atoms with Crippen LogP contribution in [0.5, 0.6) is 11.5 Å². The largest absolute Gasteiger partial charge is 0.497 e. The number of anilines is 2. The highest BCUT2D eigenvalue weighted by atomic mass is 16.5. The van der Waals surface area contributed by atoms with Crippen molar-refractivity contribution in [2.75, 3.05) is 44.0 Å². The molecule has 0 radical (unpaired) electrons. The van der Waals surface area contributed by atoms with E-state index in [4.69, 9.17) is 9.47 Å². The van der Waals surface area contributed by atoms with E-state index in [1.165, 1.54) is 32.4 Å². The lowest BCUT2D eigenvalue weighted by Gasteiger charge is -2.26. The molecule has 3 heterocycles. The number of methoxy groups -OCH3 is 1. The summed E-state index contributed by atoms with van der Waals surface area (Å²) in [6.45, 7) is 15.1. The number of aryl methyl sites for hydroxylation is 1. The monoisotopic (exact) mass is 667 g/mol. The van der Waals surface area contributed by atoms with E-state index in [2.05, 4.69) is 55.1 Å². The molecule has 9 nitrogen and oxygen atoms in total. The summed E-state index contributed by atoms with van der Waals surface area (Å²) in [4.78, 5) is 35.5. The smallest absolute Gasteiger partial charge is 0.323 e. The van der Waals surface area contributed by atoms with Gasteiger partial charge in [0.2, 0.25) is 0 Å². The maximum atomic E-state index is 14.3. The number of nitrogens with one attached hydrogen (secondary N) is 2. The summed E-state index contributed by atoms with van der Waals surface area (Å²) >= 11 is 0. The Morgan fingerprint density at radius 1 is 0.878 bits per heavy atom. The van der Waals surface area contributed by atoms with Crippen LogP contribution < -0.4 is 25.7 Å². The summed E-state index contributed by atoms with van der Waals surface area (Å²) in [5, 5.41) is 6.94. The van der Waals surface area contributed by atoms with Gasteiger partial charge in [0.05, 0.1) is 13.7 Å². The van der Waals surface area contributed by atoms with Crippen LogP contribution in [0, 0.1) is 0 Å². The molecule has 0 bridgehead atoms. The number of pyridine rings is 2. The van der Waals surface area contributed by atoms with Crippen molar-refractivity contribution in [3.05, 3.63) is 76.2 Å². The van der Waals surface area contributed by atoms with Gasteiger partial charge >= 0.3 is 6.03 Å². The number of ether oxygens (including phenoxy) is 2. The van der Waals surface area contributed by atoms with Crippen molar-refractivity contribution in [1.29, 1.82) is 0 Å². The summed E-state index contributed by atoms with van der Waals surface area (Å²) in [7, 11) is 1.61. The minimum absolute atomic E-state index is 0.120. The van der Waals surface area contributed by atoms with E-state index in [9.17, 15) is 9.59 Å². The zero-order valence-electron chi connectivity index (χ0n) is 30.1. The van der Waals surface area contributed by atoms with Gasteiger partial charge in [0.15, 0.2) is 0 Å². The Morgan fingerprint density at radius 3 is 2.27 bits per heavy atom. The van der Waals surface area contributed by atoms with Crippen molar-refractivity contribution >= 4 is 28.4 Å². The molecule has 0 saturated carbocycles. The number of fused-ring (bicyclic) bond motifs is 1. The van der Waals surface area contributed by atoms with Crippen molar-refractivity contribution in [3.8, 4) is 22.6 Å². The summed E-state index contributed by atoms with van der Waals surface area (Å²) in [6.07, 6.45) is 8.29. The van der Waals surface area contributed by atoms with Crippen LogP contribution in [0.3, 0.4) is 0 Å². The first-order chi connectivity index (χ1) is 23.7. The molecule has 2 aromatic heterocycles. The molecular formula is C40H53N5O4. The van der Waals surface area contributed by atoms with Gasteiger partial charge in [0.1, 0.15) is 22.8 Å². The highest BCUT2D eigenvalue weighted by Crippen LogP contribution is 2.38. The number of rotatable bonds is 14. The fourth-order valence-electron chi connectivity index (χ4n) is 6.72. The standard InChI is InChI=1S/C40H53N5O4/c1-7-8-22-45-38-32(17-13-18-41-38)35(29-15-12-16-30(24-29)48-6)37(39(45)46)43-40(47)42-36-33(27(2)3)25-31(26-34(36)28(4)5)49-23-14-21-44-19-10-9-11-20-44/h12-13,15-18,24-28H,7-11,14,19-23H2,1-6H3,(H2,42,43,47). The Morgan fingerprint density at radius 2 is 1.59 bits per heavy atom. The molecule has 2 aromatic carbocycles. The molecule has 1 saturated heterocycles. The number of piperidine rings is 1. The van der Waals surface area contributed by atoms with E-state index in [0.717, 1.165) is 59.3 Å². The Labute approximate surface area is 291 Å². The van der Waals surface area contributed by atoms with Crippen LogP contribution in [0.1, 0.15) is 96.1 Å². The maximum Gasteiger partial charge on any atom is 0.323 e. The molecule has 0 unspecified atom stereocenters. The second-order valence-electron chi connectivity index (χ2n) is 13.6. The van der Waals surface area contributed by atoms with Gasteiger partial charge < -0.3 is 25.0 Å². The van der Waals surface area contributed by atoms with Crippen molar-refractivity contribution in [3.63, 3.8) is 0 Å². The van der Waals surface area contributed by atoms with E-state index in [1.54, 1.807) is 17.9 Å². The summed E-state index contributed by atoms with van der Waals surface area (Å²) in [5.41, 5.74) is 4.57. The lowest BCUT2D eigenvalue weighted by atomic mass is 9.92. The van der Waals surface area contributed by atoms with Crippen LogP contribution in [0.4, 0.5) is 16.2 Å². The highest BCUT2D eigenvalue weighted by molar-refractivity contribution is 6.08. The number of hydrogen-bond donors (Lipinski definition) is 2. The van der Waals surface area contributed by atoms with E-state index < -0.39 is 6.03 Å². The average Bonchev–Trinajstić information content (AvgIpc) is 3.10. The van der Waals surface area contributed by atoms with Crippen LogP contribution in [0.25, 0.3) is 22.2 Å². The molecule has 5 rings (SSSR count). The van der Waals surface area contributed by atoms with E-state index in [1.807, 2.05) is 48.5 Å². The number of benzene rings is 2. The van der Waals surface area contributed by atoms with Crippen molar-refractivity contribution in [2.24, 2.45) is 0 Å².